The Labute approximate surface area is 127 Å². The molecule has 1 aromatic carbocycles. The molecule has 0 spiro atoms. The van der Waals surface area contributed by atoms with E-state index in [1.165, 1.54) is 11.6 Å². The van der Waals surface area contributed by atoms with Gasteiger partial charge in [0, 0.05) is 12.5 Å². The first-order valence-electron chi connectivity index (χ1n) is 6.08. The van der Waals surface area contributed by atoms with Crippen molar-refractivity contribution in [1.29, 1.82) is 0 Å². The van der Waals surface area contributed by atoms with Gasteiger partial charge in [0.1, 0.15) is 11.0 Å². The molecule has 1 amide bonds. The largest absolute Gasteiger partial charge is 0.311 e. The van der Waals surface area contributed by atoms with Gasteiger partial charge in [0.2, 0.25) is 11.2 Å². The average molecular weight is 310 g/mol. The molecule has 0 unspecified atom stereocenters. The third kappa shape index (κ3) is 4.47. The van der Waals surface area contributed by atoms with Crippen LogP contribution in [0, 0.1) is 6.92 Å². The highest BCUT2D eigenvalue weighted by Crippen LogP contribution is 2.15. The molecule has 2 aromatic rings. The van der Waals surface area contributed by atoms with Crippen molar-refractivity contribution in [2.75, 3.05) is 5.32 Å². The molecule has 1 N–H and O–H groups in total. The molecule has 4 nitrogen and oxygen atoms in total. The first-order valence-corrected chi connectivity index (χ1v) is 6.84. The quantitative estimate of drug-likeness (QED) is 0.692. The van der Waals surface area contributed by atoms with E-state index < -0.39 is 0 Å². The number of halogens is 2. The van der Waals surface area contributed by atoms with Gasteiger partial charge in [-0.1, -0.05) is 41.4 Å². The summed E-state index contributed by atoms with van der Waals surface area (Å²) in [7, 11) is 0. The maximum atomic E-state index is 11.8. The van der Waals surface area contributed by atoms with Crippen LogP contribution in [0.3, 0.4) is 0 Å². The maximum Gasteiger partial charge on any atom is 0.225 e. The third-order valence-electron chi connectivity index (χ3n) is 2.66. The van der Waals surface area contributed by atoms with E-state index in [-0.39, 0.29) is 16.3 Å². The number of aryl methyl sites for hydroxylation is 2. The Balaban J connectivity index is 1.92. The fourth-order valence-electron chi connectivity index (χ4n) is 1.78. The summed E-state index contributed by atoms with van der Waals surface area (Å²) in [5.74, 6) is 0.168. The van der Waals surface area contributed by atoms with Gasteiger partial charge >= 0.3 is 0 Å². The number of rotatable bonds is 4. The Morgan fingerprint density at radius 1 is 1.25 bits per heavy atom. The lowest BCUT2D eigenvalue weighted by atomic mass is 10.1. The van der Waals surface area contributed by atoms with Crippen LogP contribution < -0.4 is 5.32 Å². The summed E-state index contributed by atoms with van der Waals surface area (Å²) in [5, 5.41) is 2.85. The number of aromatic nitrogens is 2. The minimum absolute atomic E-state index is 0.00600. The number of anilines is 1. The Morgan fingerprint density at radius 2 is 2.05 bits per heavy atom. The van der Waals surface area contributed by atoms with Gasteiger partial charge in [0.15, 0.2) is 0 Å². The summed E-state index contributed by atoms with van der Waals surface area (Å²) < 4.78 is 0. The fourth-order valence-corrected chi connectivity index (χ4v) is 2.19. The van der Waals surface area contributed by atoms with Crippen LogP contribution in [0.15, 0.2) is 30.3 Å². The van der Waals surface area contributed by atoms with Gasteiger partial charge in [-0.05, 0) is 30.5 Å². The van der Waals surface area contributed by atoms with Gasteiger partial charge < -0.3 is 5.32 Å². The SMILES string of the molecule is Cc1cccc(CCC(=O)Nc2cc(Cl)nc(Cl)n2)c1. The summed E-state index contributed by atoms with van der Waals surface area (Å²) in [6.45, 7) is 2.02. The van der Waals surface area contributed by atoms with Crippen LogP contribution in [-0.2, 0) is 11.2 Å². The number of carbonyl (C=O) groups excluding carboxylic acids is 1. The van der Waals surface area contributed by atoms with Crippen LogP contribution in [0.4, 0.5) is 5.82 Å². The molecule has 20 heavy (non-hydrogen) atoms. The van der Waals surface area contributed by atoms with Gasteiger partial charge in [0.25, 0.3) is 0 Å². The molecular formula is C14H13Cl2N3O. The second-order valence-electron chi connectivity index (χ2n) is 4.38. The van der Waals surface area contributed by atoms with Gasteiger partial charge in [0.05, 0.1) is 0 Å². The maximum absolute atomic E-state index is 11.8. The van der Waals surface area contributed by atoms with Crippen molar-refractivity contribution in [2.45, 2.75) is 19.8 Å². The minimum Gasteiger partial charge on any atom is -0.311 e. The molecule has 6 heteroatoms. The monoisotopic (exact) mass is 309 g/mol. The number of carbonyl (C=O) groups is 1. The fraction of sp³-hybridized carbons (Fsp3) is 0.214. The Bertz CT molecular complexity index is 611. The molecule has 0 saturated heterocycles. The molecule has 0 atom stereocenters. The average Bonchev–Trinajstić information content (AvgIpc) is 2.35. The van der Waals surface area contributed by atoms with Crippen LogP contribution in [0.2, 0.25) is 10.4 Å². The van der Waals surface area contributed by atoms with E-state index in [4.69, 9.17) is 23.2 Å². The number of nitrogens with zero attached hydrogens (tertiary/aromatic N) is 2. The summed E-state index contributed by atoms with van der Waals surface area (Å²) in [4.78, 5) is 19.4. The molecule has 0 aliphatic rings. The Morgan fingerprint density at radius 3 is 2.75 bits per heavy atom. The number of hydrogen-bond donors (Lipinski definition) is 1. The zero-order valence-corrected chi connectivity index (χ0v) is 12.4. The van der Waals surface area contributed by atoms with Crippen molar-refractivity contribution in [1.82, 2.24) is 9.97 Å². The van der Waals surface area contributed by atoms with Crippen molar-refractivity contribution >= 4 is 34.9 Å². The predicted octanol–water partition coefficient (Wildman–Crippen LogP) is 3.66. The van der Waals surface area contributed by atoms with Crippen molar-refractivity contribution in [3.63, 3.8) is 0 Å². The standard InChI is InChI=1S/C14H13Cl2N3O/c1-9-3-2-4-10(7-9)5-6-13(20)18-12-8-11(15)17-14(16)19-12/h2-4,7-8H,5-6H2,1H3,(H,17,18,19,20). The summed E-state index contributed by atoms with van der Waals surface area (Å²) in [6, 6.07) is 9.52. The molecule has 0 aliphatic heterocycles. The van der Waals surface area contributed by atoms with Crippen LogP contribution in [-0.4, -0.2) is 15.9 Å². The molecule has 104 valence electrons. The van der Waals surface area contributed by atoms with E-state index in [9.17, 15) is 4.79 Å². The molecule has 0 fully saturated rings. The first kappa shape index (κ1) is 14.8. The smallest absolute Gasteiger partial charge is 0.225 e. The minimum atomic E-state index is -0.141. The lowest BCUT2D eigenvalue weighted by Gasteiger charge is -2.05. The van der Waals surface area contributed by atoms with E-state index in [0.717, 1.165) is 5.56 Å². The number of nitrogens with one attached hydrogen (secondary N) is 1. The third-order valence-corrected chi connectivity index (χ3v) is 3.02. The molecule has 0 radical (unpaired) electrons. The Hall–Kier alpha value is -1.65. The van der Waals surface area contributed by atoms with E-state index in [1.54, 1.807) is 0 Å². The van der Waals surface area contributed by atoms with Crippen LogP contribution >= 0.6 is 23.2 Å². The zero-order chi connectivity index (χ0) is 14.5. The van der Waals surface area contributed by atoms with Crippen molar-refractivity contribution in [2.24, 2.45) is 0 Å². The number of amides is 1. The van der Waals surface area contributed by atoms with Crippen LogP contribution in [0.1, 0.15) is 17.5 Å². The number of benzene rings is 1. The predicted molar refractivity (Wildman–Crippen MR) is 80.2 cm³/mol. The van der Waals surface area contributed by atoms with E-state index in [2.05, 4.69) is 21.4 Å². The highest BCUT2D eigenvalue weighted by atomic mass is 35.5. The van der Waals surface area contributed by atoms with Crippen LogP contribution in [0.5, 0.6) is 0 Å². The summed E-state index contributed by atoms with van der Waals surface area (Å²) in [5.41, 5.74) is 2.30. The lowest BCUT2D eigenvalue weighted by molar-refractivity contribution is -0.116. The molecule has 0 bridgehead atoms. The highest BCUT2D eigenvalue weighted by Gasteiger charge is 2.06. The van der Waals surface area contributed by atoms with Gasteiger partial charge in [-0.25, -0.2) is 9.97 Å². The summed E-state index contributed by atoms with van der Waals surface area (Å²) >= 11 is 11.4. The van der Waals surface area contributed by atoms with Crippen molar-refractivity contribution < 1.29 is 4.79 Å². The van der Waals surface area contributed by atoms with Gasteiger partial charge in [-0.3, -0.25) is 4.79 Å². The molecule has 1 aromatic heterocycles. The molecule has 1 heterocycles. The topological polar surface area (TPSA) is 54.9 Å². The molecule has 2 rings (SSSR count). The van der Waals surface area contributed by atoms with E-state index in [0.29, 0.717) is 18.7 Å². The van der Waals surface area contributed by atoms with Crippen molar-refractivity contribution in [3.05, 3.63) is 51.9 Å². The van der Waals surface area contributed by atoms with Gasteiger partial charge in [-0.15, -0.1) is 0 Å². The summed E-state index contributed by atoms with van der Waals surface area (Å²) in [6.07, 6.45) is 1.03. The van der Waals surface area contributed by atoms with E-state index >= 15 is 0 Å². The van der Waals surface area contributed by atoms with Crippen molar-refractivity contribution in [3.8, 4) is 0 Å². The zero-order valence-electron chi connectivity index (χ0n) is 10.9. The normalized spacial score (nSPS) is 10.3. The number of hydrogen-bond acceptors (Lipinski definition) is 3. The Kier molecular flexibility index (Phi) is 4.93. The first-order chi connectivity index (χ1) is 9.52. The molecular weight excluding hydrogens is 297 g/mol. The second kappa shape index (κ2) is 6.68. The molecule has 0 saturated carbocycles. The van der Waals surface area contributed by atoms with Crippen LogP contribution in [0.25, 0.3) is 0 Å². The van der Waals surface area contributed by atoms with Gasteiger partial charge in [-0.2, -0.15) is 0 Å². The lowest BCUT2D eigenvalue weighted by Crippen LogP contribution is -2.13. The molecule has 0 aliphatic carbocycles. The highest BCUT2D eigenvalue weighted by molar-refractivity contribution is 6.32. The van der Waals surface area contributed by atoms with E-state index in [1.807, 2.05) is 25.1 Å². The second-order valence-corrected chi connectivity index (χ2v) is 5.11.